The highest BCUT2D eigenvalue weighted by molar-refractivity contribution is 5.85. The Balaban J connectivity index is 0.00000304. The van der Waals surface area contributed by atoms with Gasteiger partial charge in [-0.1, -0.05) is 48.5 Å². The highest BCUT2D eigenvalue weighted by Crippen LogP contribution is 2.31. The van der Waals surface area contributed by atoms with E-state index in [-0.39, 0.29) is 17.8 Å². The van der Waals surface area contributed by atoms with Crippen molar-refractivity contribution in [3.63, 3.8) is 0 Å². The minimum Gasteiger partial charge on any atom is -0.495 e. The Morgan fingerprint density at radius 3 is 2.31 bits per heavy atom. The molecular weight excluding hydrogens is 476 g/mol. The zero-order chi connectivity index (χ0) is 24.2. The second kappa shape index (κ2) is 11.5. The number of methoxy groups -OCH3 is 1. The molecule has 1 saturated heterocycles. The second-order valence-corrected chi connectivity index (χ2v) is 8.73. The van der Waals surface area contributed by atoms with Crippen LogP contribution in [-0.2, 0) is 0 Å². The summed E-state index contributed by atoms with van der Waals surface area (Å²) in [7, 11) is 1.71. The van der Waals surface area contributed by atoms with E-state index in [4.69, 9.17) is 13.9 Å². The maximum Gasteiger partial charge on any atom is 0.196 e. The molecule has 1 aliphatic heterocycles. The van der Waals surface area contributed by atoms with Crippen molar-refractivity contribution in [3.8, 4) is 22.8 Å². The van der Waals surface area contributed by atoms with E-state index in [2.05, 4.69) is 15.9 Å². The van der Waals surface area contributed by atoms with Crippen LogP contribution in [0.2, 0.25) is 0 Å². The lowest BCUT2D eigenvalue weighted by Crippen LogP contribution is -2.47. The van der Waals surface area contributed by atoms with Crippen molar-refractivity contribution in [2.45, 2.75) is 6.92 Å². The Bertz CT molecular complexity index is 1370. The largest absolute Gasteiger partial charge is 0.495 e. The summed E-state index contributed by atoms with van der Waals surface area (Å²) in [5.74, 6) is 2.10. The van der Waals surface area contributed by atoms with E-state index in [1.54, 1.807) is 13.2 Å². The molecule has 0 radical (unpaired) electrons. The number of benzene rings is 3. The molecule has 0 unspecified atom stereocenters. The van der Waals surface area contributed by atoms with Crippen molar-refractivity contribution in [2.24, 2.45) is 0 Å². The van der Waals surface area contributed by atoms with E-state index in [1.165, 1.54) is 0 Å². The lowest BCUT2D eigenvalue weighted by atomic mass is 10.1. The summed E-state index contributed by atoms with van der Waals surface area (Å²) in [5.41, 5.74) is 3.10. The molecule has 0 amide bonds. The third kappa shape index (κ3) is 5.20. The second-order valence-electron chi connectivity index (χ2n) is 8.73. The van der Waals surface area contributed by atoms with Crippen molar-refractivity contribution in [1.29, 1.82) is 0 Å². The van der Waals surface area contributed by atoms with Gasteiger partial charge >= 0.3 is 0 Å². The van der Waals surface area contributed by atoms with Crippen LogP contribution in [0.1, 0.15) is 5.56 Å². The van der Waals surface area contributed by atoms with E-state index in [9.17, 15) is 4.79 Å². The van der Waals surface area contributed by atoms with Crippen molar-refractivity contribution in [2.75, 3.05) is 51.3 Å². The van der Waals surface area contributed by atoms with Crippen molar-refractivity contribution in [3.05, 3.63) is 88.6 Å². The van der Waals surface area contributed by atoms with Crippen molar-refractivity contribution in [1.82, 2.24) is 4.90 Å². The number of hydrogen-bond donors (Lipinski definition) is 0. The standard InChI is InChI=1S/C29H30N2O4.ClH/c1-21-27(32)23-11-8-14-26(29(23)35-28(21)22-9-4-3-5-10-22)34-20-19-30-15-17-31(18-16-30)24-12-6-7-13-25(24)33-2;/h3-14H,15-20H2,1-2H3;1H. The van der Waals surface area contributed by atoms with E-state index < -0.39 is 0 Å². The summed E-state index contributed by atoms with van der Waals surface area (Å²) in [5, 5.41) is 0.546. The van der Waals surface area contributed by atoms with Crippen LogP contribution in [0.25, 0.3) is 22.3 Å². The fourth-order valence-electron chi connectivity index (χ4n) is 4.65. The van der Waals surface area contributed by atoms with Crippen LogP contribution in [0.4, 0.5) is 5.69 Å². The fourth-order valence-corrected chi connectivity index (χ4v) is 4.65. The molecule has 0 saturated carbocycles. The van der Waals surface area contributed by atoms with E-state index in [0.717, 1.165) is 49.7 Å². The Morgan fingerprint density at radius 2 is 1.56 bits per heavy atom. The van der Waals surface area contributed by atoms with Crippen LogP contribution >= 0.6 is 12.4 Å². The Labute approximate surface area is 217 Å². The van der Waals surface area contributed by atoms with Crippen LogP contribution in [0, 0.1) is 6.92 Å². The topological polar surface area (TPSA) is 55.2 Å². The third-order valence-corrected chi connectivity index (χ3v) is 6.61. The number of fused-ring (bicyclic) bond motifs is 1. The molecule has 5 rings (SSSR count). The normalized spacial score (nSPS) is 13.9. The predicted octanol–water partition coefficient (Wildman–Crippen LogP) is 5.40. The lowest BCUT2D eigenvalue weighted by molar-refractivity contribution is 0.200. The van der Waals surface area contributed by atoms with Crippen LogP contribution in [-0.4, -0.2) is 51.3 Å². The molecule has 0 atom stereocenters. The summed E-state index contributed by atoms with van der Waals surface area (Å²) >= 11 is 0. The van der Waals surface area contributed by atoms with Gasteiger partial charge in [-0.15, -0.1) is 12.4 Å². The number of rotatable bonds is 7. The molecule has 6 nitrogen and oxygen atoms in total. The van der Waals surface area contributed by atoms with E-state index in [1.807, 2.05) is 67.6 Å². The molecule has 0 N–H and O–H groups in total. The number of anilines is 1. The highest BCUT2D eigenvalue weighted by atomic mass is 35.5. The number of nitrogens with zero attached hydrogens (tertiary/aromatic N) is 2. The van der Waals surface area contributed by atoms with Crippen LogP contribution in [0.3, 0.4) is 0 Å². The summed E-state index contributed by atoms with van der Waals surface area (Å²) < 4.78 is 17.9. The van der Waals surface area contributed by atoms with Gasteiger partial charge in [-0.25, -0.2) is 0 Å². The van der Waals surface area contributed by atoms with Crippen molar-refractivity contribution >= 4 is 29.1 Å². The minimum absolute atomic E-state index is 0. The van der Waals surface area contributed by atoms with Crippen LogP contribution < -0.4 is 19.8 Å². The molecule has 1 aromatic heterocycles. The Morgan fingerprint density at radius 1 is 0.861 bits per heavy atom. The molecule has 0 spiro atoms. The average molecular weight is 507 g/mol. The molecule has 0 aliphatic carbocycles. The van der Waals surface area contributed by atoms with Gasteiger partial charge in [0, 0.05) is 43.9 Å². The molecule has 1 aliphatic rings. The first-order valence-corrected chi connectivity index (χ1v) is 12.0. The van der Waals surface area contributed by atoms with Gasteiger partial charge < -0.3 is 18.8 Å². The molecule has 2 heterocycles. The van der Waals surface area contributed by atoms with Gasteiger partial charge in [0.1, 0.15) is 18.1 Å². The van der Waals surface area contributed by atoms with Gasteiger partial charge in [0.2, 0.25) is 0 Å². The highest BCUT2D eigenvalue weighted by Gasteiger charge is 2.20. The monoisotopic (exact) mass is 506 g/mol. The number of halogens is 1. The van der Waals surface area contributed by atoms with Gasteiger partial charge in [-0.3, -0.25) is 9.69 Å². The first-order chi connectivity index (χ1) is 17.2. The number of hydrogen-bond acceptors (Lipinski definition) is 6. The van der Waals surface area contributed by atoms with Gasteiger partial charge in [-0.2, -0.15) is 0 Å². The molecule has 3 aromatic carbocycles. The summed E-state index contributed by atoms with van der Waals surface area (Å²) in [6.07, 6.45) is 0. The third-order valence-electron chi connectivity index (χ3n) is 6.61. The predicted molar refractivity (Wildman–Crippen MR) is 147 cm³/mol. The van der Waals surface area contributed by atoms with Gasteiger partial charge in [0.15, 0.2) is 16.8 Å². The van der Waals surface area contributed by atoms with Crippen molar-refractivity contribution < 1.29 is 13.9 Å². The maximum atomic E-state index is 13.1. The molecular formula is C29H31ClN2O4. The SMILES string of the molecule is COc1ccccc1N1CCN(CCOc2cccc3c(=O)c(C)c(-c4ccccc4)oc23)CC1.Cl. The summed E-state index contributed by atoms with van der Waals surface area (Å²) in [6.45, 7) is 6.90. The van der Waals surface area contributed by atoms with Crippen LogP contribution in [0.5, 0.6) is 11.5 Å². The molecule has 4 aromatic rings. The number of piperazine rings is 1. The summed E-state index contributed by atoms with van der Waals surface area (Å²) in [4.78, 5) is 17.8. The zero-order valence-corrected chi connectivity index (χ0v) is 21.4. The number of para-hydroxylation sites is 3. The Kier molecular flexibility index (Phi) is 8.18. The van der Waals surface area contributed by atoms with Gasteiger partial charge in [0.05, 0.1) is 18.2 Å². The fraction of sp³-hybridized carbons (Fsp3) is 0.276. The minimum atomic E-state index is -0.0250. The first-order valence-electron chi connectivity index (χ1n) is 12.0. The Hall–Kier alpha value is -3.48. The van der Waals surface area contributed by atoms with Gasteiger partial charge in [-0.05, 0) is 31.2 Å². The maximum absolute atomic E-state index is 13.1. The van der Waals surface area contributed by atoms with Crippen LogP contribution in [0.15, 0.2) is 82.0 Å². The zero-order valence-electron chi connectivity index (χ0n) is 20.6. The first kappa shape index (κ1) is 25.6. The molecule has 1 fully saturated rings. The molecule has 0 bridgehead atoms. The summed E-state index contributed by atoms with van der Waals surface area (Å²) in [6, 6.07) is 23.4. The van der Waals surface area contributed by atoms with Gasteiger partial charge in [0.25, 0.3) is 0 Å². The molecule has 188 valence electrons. The van der Waals surface area contributed by atoms with E-state index in [0.29, 0.717) is 34.6 Å². The molecule has 36 heavy (non-hydrogen) atoms. The lowest BCUT2D eigenvalue weighted by Gasteiger charge is -2.36. The van der Waals surface area contributed by atoms with E-state index >= 15 is 0 Å². The number of ether oxygens (including phenoxy) is 2. The average Bonchev–Trinajstić information content (AvgIpc) is 2.92. The molecule has 7 heteroatoms. The quantitative estimate of drug-likeness (QED) is 0.334. The smallest absolute Gasteiger partial charge is 0.196 e.